The zero-order chi connectivity index (χ0) is 16.2. The van der Waals surface area contributed by atoms with E-state index < -0.39 is 0 Å². The fourth-order valence-electron chi connectivity index (χ4n) is 2.37. The smallest absolute Gasteiger partial charge is 0.266 e. The Kier molecular flexibility index (Phi) is 4.63. The molecule has 0 atom stereocenters. The van der Waals surface area contributed by atoms with Gasteiger partial charge >= 0.3 is 0 Å². The molecule has 1 amide bonds. The number of amides is 1. The number of likely N-dealkylation sites (N-methyl/N-ethyl adjacent to an activating group) is 1. The van der Waals surface area contributed by atoms with Crippen molar-refractivity contribution in [1.82, 2.24) is 4.90 Å². The molecule has 2 aromatic carbocycles. The molecule has 1 saturated heterocycles. The second-order valence-electron chi connectivity index (χ2n) is 5.26. The third-order valence-electron chi connectivity index (χ3n) is 3.69. The average Bonchev–Trinajstić information content (AvgIpc) is 2.84. The van der Waals surface area contributed by atoms with E-state index in [0.29, 0.717) is 4.91 Å². The molecule has 23 heavy (non-hydrogen) atoms. The Balaban J connectivity index is 1.92. The number of benzene rings is 2. The standard InChI is InChI=1S/C19H18N2OS/c1-3-15-11-7-8-12-16(15)20-19-21(2)18(22)17(23-19)13-14-9-5-4-6-10-14/h4-13H,3H2,1-2H3/b17-13+,20-19?. The summed E-state index contributed by atoms with van der Waals surface area (Å²) < 4.78 is 0. The summed E-state index contributed by atoms with van der Waals surface area (Å²) >= 11 is 1.42. The van der Waals surface area contributed by atoms with Crippen LogP contribution in [0, 0.1) is 0 Å². The number of aryl methyl sites for hydroxylation is 1. The summed E-state index contributed by atoms with van der Waals surface area (Å²) in [5.41, 5.74) is 3.13. The Labute approximate surface area is 140 Å². The fourth-order valence-corrected chi connectivity index (χ4v) is 3.35. The van der Waals surface area contributed by atoms with Gasteiger partial charge in [0.1, 0.15) is 0 Å². The van der Waals surface area contributed by atoms with Crippen molar-refractivity contribution in [3.05, 3.63) is 70.6 Å². The summed E-state index contributed by atoms with van der Waals surface area (Å²) in [4.78, 5) is 19.4. The first-order valence-electron chi connectivity index (χ1n) is 7.58. The second kappa shape index (κ2) is 6.84. The van der Waals surface area contributed by atoms with Crippen molar-refractivity contribution in [2.75, 3.05) is 7.05 Å². The van der Waals surface area contributed by atoms with Crippen LogP contribution in [0.4, 0.5) is 5.69 Å². The first-order chi connectivity index (χ1) is 11.2. The van der Waals surface area contributed by atoms with E-state index in [0.717, 1.165) is 22.8 Å². The topological polar surface area (TPSA) is 32.7 Å². The largest absolute Gasteiger partial charge is 0.290 e. The summed E-state index contributed by atoms with van der Waals surface area (Å²) in [6.45, 7) is 2.11. The number of carbonyl (C=O) groups excluding carboxylic acids is 1. The summed E-state index contributed by atoms with van der Waals surface area (Å²) in [5, 5.41) is 0.720. The van der Waals surface area contributed by atoms with Gasteiger partial charge in [0.2, 0.25) is 0 Å². The van der Waals surface area contributed by atoms with E-state index in [1.165, 1.54) is 17.3 Å². The molecule has 1 aliphatic rings. The van der Waals surface area contributed by atoms with Gasteiger partial charge in [-0.2, -0.15) is 0 Å². The summed E-state index contributed by atoms with van der Waals surface area (Å²) in [5.74, 6) is -0.00779. The van der Waals surface area contributed by atoms with Gasteiger partial charge in [0.05, 0.1) is 10.6 Å². The minimum atomic E-state index is -0.00779. The van der Waals surface area contributed by atoms with Crippen LogP contribution in [0.25, 0.3) is 6.08 Å². The van der Waals surface area contributed by atoms with Crippen molar-refractivity contribution in [3.63, 3.8) is 0 Å². The molecule has 0 saturated carbocycles. The molecule has 0 N–H and O–H groups in total. The van der Waals surface area contributed by atoms with Gasteiger partial charge < -0.3 is 0 Å². The Bertz CT molecular complexity index is 781. The highest BCUT2D eigenvalue weighted by molar-refractivity contribution is 8.18. The van der Waals surface area contributed by atoms with Gasteiger partial charge in [-0.15, -0.1) is 0 Å². The fraction of sp³-hybridized carbons (Fsp3) is 0.158. The van der Waals surface area contributed by atoms with Crippen LogP contribution in [0.15, 0.2) is 64.5 Å². The van der Waals surface area contributed by atoms with Crippen molar-refractivity contribution in [3.8, 4) is 0 Å². The van der Waals surface area contributed by atoms with Gasteiger partial charge in [0.25, 0.3) is 5.91 Å². The van der Waals surface area contributed by atoms with Crippen molar-refractivity contribution in [2.45, 2.75) is 13.3 Å². The molecule has 1 heterocycles. The third-order valence-corrected chi connectivity index (χ3v) is 4.75. The van der Waals surface area contributed by atoms with E-state index in [-0.39, 0.29) is 5.91 Å². The number of rotatable bonds is 3. The van der Waals surface area contributed by atoms with Gasteiger partial charge in [0, 0.05) is 7.05 Å². The van der Waals surface area contributed by atoms with Gasteiger partial charge in [-0.05, 0) is 41.5 Å². The lowest BCUT2D eigenvalue weighted by molar-refractivity contribution is -0.121. The molecule has 2 aromatic rings. The molecule has 0 bridgehead atoms. The maximum Gasteiger partial charge on any atom is 0.266 e. The van der Waals surface area contributed by atoms with Crippen LogP contribution >= 0.6 is 11.8 Å². The molecule has 3 rings (SSSR count). The molecule has 0 aromatic heterocycles. The molecule has 1 aliphatic heterocycles. The van der Waals surface area contributed by atoms with Crippen LogP contribution < -0.4 is 0 Å². The Morgan fingerprint density at radius 2 is 1.78 bits per heavy atom. The lowest BCUT2D eigenvalue weighted by Gasteiger charge is -2.08. The number of para-hydroxylation sites is 1. The quantitative estimate of drug-likeness (QED) is 0.780. The molecular formula is C19H18N2OS. The average molecular weight is 322 g/mol. The van der Waals surface area contributed by atoms with Crippen LogP contribution in [0.1, 0.15) is 18.1 Å². The van der Waals surface area contributed by atoms with Gasteiger partial charge in [-0.3, -0.25) is 9.69 Å². The number of carbonyl (C=O) groups is 1. The monoisotopic (exact) mass is 322 g/mol. The summed E-state index contributed by atoms with van der Waals surface area (Å²) in [7, 11) is 1.77. The number of amidine groups is 1. The van der Waals surface area contributed by atoms with E-state index in [1.54, 1.807) is 11.9 Å². The SMILES string of the molecule is CCc1ccccc1N=C1S/C(=C/c2ccccc2)C(=O)N1C. The number of aliphatic imine (C=N–C) groups is 1. The number of nitrogens with zero attached hydrogens (tertiary/aromatic N) is 2. The van der Waals surface area contributed by atoms with Crippen molar-refractivity contribution in [2.24, 2.45) is 4.99 Å². The van der Waals surface area contributed by atoms with Crippen LogP contribution in [0.3, 0.4) is 0 Å². The van der Waals surface area contributed by atoms with Crippen molar-refractivity contribution in [1.29, 1.82) is 0 Å². The highest BCUT2D eigenvalue weighted by Gasteiger charge is 2.30. The van der Waals surface area contributed by atoms with Crippen LogP contribution in [-0.2, 0) is 11.2 Å². The van der Waals surface area contributed by atoms with Gasteiger partial charge in [-0.1, -0.05) is 55.5 Å². The van der Waals surface area contributed by atoms with Crippen molar-refractivity contribution < 1.29 is 4.79 Å². The molecule has 4 heteroatoms. The van der Waals surface area contributed by atoms with Gasteiger partial charge in [0.15, 0.2) is 5.17 Å². The zero-order valence-corrected chi connectivity index (χ0v) is 14.0. The molecule has 0 unspecified atom stereocenters. The zero-order valence-electron chi connectivity index (χ0n) is 13.2. The van der Waals surface area contributed by atoms with Crippen LogP contribution in [-0.4, -0.2) is 23.0 Å². The first-order valence-corrected chi connectivity index (χ1v) is 8.40. The molecule has 3 nitrogen and oxygen atoms in total. The lowest BCUT2D eigenvalue weighted by Crippen LogP contribution is -2.23. The molecular weight excluding hydrogens is 304 g/mol. The molecule has 0 spiro atoms. The Morgan fingerprint density at radius 3 is 2.52 bits per heavy atom. The van der Waals surface area contributed by atoms with Crippen LogP contribution in [0.2, 0.25) is 0 Å². The summed E-state index contributed by atoms with van der Waals surface area (Å²) in [6, 6.07) is 17.9. The molecule has 0 radical (unpaired) electrons. The van der Waals surface area contributed by atoms with Gasteiger partial charge in [-0.25, -0.2) is 4.99 Å². The highest BCUT2D eigenvalue weighted by Crippen LogP contribution is 2.33. The summed E-state index contributed by atoms with van der Waals surface area (Å²) in [6.07, 6.45) is 2.83. The first kappa shape index (κ1) is 15.6. The predicted molar refractivity (Wildman–Crippen MR) is 97.7 cm³/mol. The molecule has 116 valence electrons. The van der Waals surface area contributed by atoms with E-state index >= 15 is 0 Å². The normalized spacial score (nSPS) is 18.2. The predicted octanol–water partition coefficient (Wildman–Crippen LogP) is 4.48. The molecule has 0 aliphatic carbocycles. The second-order valence-corrected chi connectivity index (χ2v) is 6.27. The van der Waals surface area contributed by atoms with Crippen molar-refractivity contribution >= 4 is 34.6 Å². The van der Waals surface area contributed by atoms with E-state index in [2.05, 4.69) is 13.0 Å². The van der Waals surface area contributed by atoms with Crippen LogP contribution in [0.5, 0.6) is 0 Å². The molecule has 1 fully saturated rings. The number of hydrogen-bond donors (Lipinski definition) is 0. The third kappa shape index (κ3) is 3.37. The number of thioether (sulfide) groups is 1. The maximum atomic E-state index is 12.4. The highest BCUT2D eigenvalue weighted by atomic mass is 32.2. The Morgan fingerprint density at radius 1 is 1.09 bits per heavy atom. The Hall–Kier alpha value is -2.33. The van der Waals surface area contributed by atoms with E-state index in [4.69, 9.17) is 4.99 Å². The number of hydrogen-bond acceptors (Lipinski definition) is 3. The minimum Gasteiger partial charge on any atom is -0.290 e. The van der Waals surface area contributed by atoms with E-state index in [1.807, 2.05) is 54.6 Å². The minimum absolute atomic E-state index is 0.00779. The lowest BCUT2D eigenvalue weighted by atomic mass is 10.1. The maximum absolute atomic E-state index is 12.4. The van der Waals surface area contributed by atoms with E-state index in [9.17, 15) is 4.79 Å².